The zero-order chi connectivity index (χ0) is 15.8. The molecule has 118 valence electrons. The topological polar surface area (TPSA) is 58.4 Å². The molecule has 0 saturated carbocycles. The molecule has 0 radical (unpaired) electrons. The van der Waals surface area contributed by atoms with E-state index in [2.05, 4.69) is 30.1 Å². The molecule has 2 unspecified atom stereocenters. The normalized spacial score (nSPS) is 14.0. The third-order valence-electron chi connectivity index (χ3n) is 4.12. The van der Waals surface area contributed by atoms with E-state index in [0.29, 0.717) is 0 Å². The van der Waals surface area contributed by atoms with Crippen LogP contribution in [-0.4, -0.2) is 29.9 Å². The molecule has 2 atom stereocenters. The fourth-order valence-electron chi connectivity index (χ4n) is 2.20. The van der Waals surface area contributed by atoms with Gasteiger partial charge in [-0.3, -0.25) is 9.69 Å². The van der Waals surface area contributed by atoms with Crippen molar-refractivity contribution in [3.8, 4) is 0 Å². The monoisotopic (exact) mass is 291 g/mol. The Morgan fingerprint density at radius 2 is 1.86 bits per heavy atom. The summed E-state index contributed by atoms with van der Waals surface area (Å²) in [7, 11) is 0. The molecular formula is C17H29N3O. The highest BCUT2D eigenvalue weighted by atomic mass is 16.2. The van der Waals surface area contributed by atoms with E-state index in [-0.39, 0.29) is 11.8 Å². The summed E-state index contributed by atoms with van der Waals surface area (Å²) in [4.78, 5) is 14.6. The smallest absolute Gasteiger partial charge is 0.241 e. The van der Waals surface area contributed by atoms with Crippen molar-refractivity contribution in [1.82, 2.24) is 4.90 Å². The Bertz CT molecular complexity index is 443. The van der Waals surface area contributed by atoms with Crippen molar-refractivity contribution in [2.45, 2.75) is 46.7 Å². The van der Waals surface area contributed by atoms with Gasteiger partial charge in [-0.1, -0.05) is 52.3 Å². The second-order valence-corrected chi connectivity index (χ2v) is 5.52. The number of nitrogens with one attached hydrogen (secondary N) is 1. The lowest BCUT2D eigenvalue weighted by molar-refractivity contribution is -0.118. The summed E-state index contributed by atoms with van der Waals surface area (Å²) in [5.41, 5.74) is 8.00. The molecule has 4 heteroatoms. The van der Waals surface area contributed by atoms with Crippen LogP contribution < -0.4 is 11.1 Å². The lowest BCUT2D eigenvalue weighted by atomic mass is 9.99. The van der Waals surface area contributed by atoms with E-state index < -0.39 is 6.04 Å². The lowest BCUT2D eigenvalue weighted by Crippen LogP contribution is -2.40. The molecule has 1 aromatic carbocycles. The maximum Gasteiger partial charge on any atom is 0.241 e. The Hall–Kier alpha value is -1.39. The summed E-state index contributed by atoms with van der Waals surface area (Å²) in [6, 6.07) is 7.48. The van der Waals surface area contributed by atoms with Crippen molar-refractivity contribution >= 4 is 11.6 Å². The molecule has 0 heterocycles. The standard InChI is InChI=1S/C17H29N3O/c1-5-13(4)16(18)17(21)19-15-11-9-8-10-14(15)12-20(6-2)7-3/h8-11,13,16H,5-7,12,18H2,1-4H3,(H,19,21). The number of rotatable bonds is 8. The van der Waals surface area contributed by atoms with Gasteiger partial charge in [-0.05, 0) is 30.6 Å². The zero-order valence-electron chi connectivity index (χ0n) is 13.7. The number of hydrogen-bond donors (Lipinski definition) is 2. The summed E-state index contributed by atoms with van der Waals surface area (Å²) < 4.78 is 0. The van der Waals surface area contributed by atoms with Crippen LogP contribution in [0.3, 0.4) is 0 Å². The first-order valence-electron chi connectivity index (χ1n) is 7.90. The molecule has 21 heavy (non-hydrogen) atoms. The molecule has 0 spiro atoms. The van der Waals surface area contributed by atoms with Crippen LogP contribution in [-0.2, 0) is 11.3 Å². The number of para-hydroxylation sites is 1. The number of amides is 1. The highest BCUT2D eigenvalue weighted by Gasteiger charge is 2.20. The Labute approximate surface area is 128 Å². The molecule has 0 aliphatic heterocycles. The highest BCUT2D eigenvalue weighted by molar-refractivity contribution is 5.95. The molecule has 0 fully saturated rings. The third kappa shape index (κ3) is 5.14. The second-order valence-electron chi connectivity index (χ2n) is 5.52. The number of carbonyl (C=O) groups is 1. The van der Waals surface area contributed by atoms with Gasteiger partial charge in [0.05, 0.1) is 6.04 Å². The maximum absolute atomic E-state index is 12.2. The van der Waals surface area contributed by atoms with Crippen LogP contribution in [0.4, 0.5) is 5.69 Å². The van der Waals surface area contributed by atoms with Gasteiger partial charge in [0.1, 0.15) is 0 Å². The summed E-state index contributed by atoms with van der Waals surface area (Å²) in [6.45, 7) is 11.2. The van der Waals surface area contributed by atoms with E-state index in [1.165, 1.54) is 0 Å². The number of nitrogens with zero attached hydrogens (tertiary/aromatic N) is 1. The van der Waals surface area contributed by atoms with E-state index in [4.69, 9.17) is 5.73 Å². The highest BCUT2D eigenvalue weighted by Crippen LogP contribution is 2.18. The van der Waals surface area contributed by atoms with Gasteiger partial charge in [-0.2, -0.15) is 0 Å². The fourth-order valence-corrected chi connectivity index (χ4v) is 2.20. The van der Waals surface area contributed by atoms with Crippen LogP contribution in [0.2, 0.25) is 0 Å². The number of nitrogens with two attached hydrogens (primary N) is 1. The van der Waals surface area contributed by atoms with Gasteiger partial charge < -0.3 is 11.1 Å². The molecule has 4 nitrogen and oxygen atoms in total. The SMILES string of the molecule is CCC(C)C(N)C(=O)Nc1ccccc1CN(CC)CC. The van der Waals surface area contributed by atoms with Gasteiger partial charge in [-0.25, -0.2) is 0 Å². The summed E-state index contributed by atoms with van der Waals surface area (Å²) >= 11 is 0. The van der Waals surface area contributed by atoms with Gasteiger partial charge in [0.25, 0.3) is 0 Å². The molecular weight excluding hydrogens is 262 g/mol. The minimum absolute atomic E-state index is 0.101. The third-order valence-corrected chi connectivity index (χ3v) is 4.12. The van der Waals surface area contributed by atoms with Gasteiger partial charge in [0, 0.05) is 12.2 Å². The first-order chi connectivity index (χ1) is 10.0. The molecule has 1 aromatic rings. The van der Waals surface area contributed by atoms with Crippen molar-refractivity contribution in [3.05, 3.63) is 29.8 Å². The van der Waals surface area contributed by atoms with Gasteiger partial charge in [0.15, 0.2) is 0 Å². The first-order valence-corrected chi connectivity index (χ1v) is 7.90. The molecule has 1 amide bonds. The second kappa shape index (κ2) is 8.80. The quantitative estimate of drug-likeness (QED) is 0.774. The molecule has 0 saturated heterocycles. The minimum atomic E-state index is -0.462. The largest absolute Gasteiger partial charge is 0.324 e. The summed E-state index contributed by atoms with van der Waals surface area (Å²) in [6.07, 6.45) is 0.898. The fraction of sp³-hybridized carbons (Fsp3) is 0.588. The minimum Gasteiger partial charge on any atom is -0.324 e. The average Bonchev–Trinajstić information content (AvgIpc) is 2.52. The molecule has 1 rings (SSSR count). The van der Waals surface area contributed by atoms with Crippen molar-refractivity contribution in [3.63, 3.8) is 0 Å². The van der Waals surface area contributed by atoms with Crippen LogP contribution in [0.15, 0.2) is 24.3 Å². The van der Waals surface area contributed by atoms with Crippen molar-refractivity contribution in [2.75, 3.05) is 18.4 Å². The zero-order valence-corrected chi connectivity index (χ0v) is 13.7. The van der Waals surface area contributed by atoms with E-state index in [1.54, 1.807) is 0 Å². The van der Waals surface area contributed by atoms with Crippen LogP contribution >= 0.6 is 0 Å². The predicted octanol–water partition coefficient (Wildman–Crippen LogP) is 2.84. The number of carbonyl (C=O) groups excluding carboxylic acids is 1. The number of anilines is 1. The predicted molar refractivity (Wildman–Crippen MR) is 89.1 cm³/mol. The van der Waals surface area contributed by atoms with Crippen LogP contribution in [0.1, 0.15) is 39.7 Å². The van der Waals surface area contributed by atoms with E-state index >= 15 is 0 Å². The average molecular weight is 291 g/mol. The van der Waals surface area contributed by atoms with E-state index in [9.17, 15) is 4.79 Å². The summed E-state index contributed by atoms with van der Waals surface area (Å²) in [5.74, 6) is 0.0799. The maximum atomic E-state index is 12.2. The Balaban J connectivity index is 2.81. The van der Waals surface area contributed by atoms with Crippen molar-refractivity contribution in [1.29, 1.82) is 0 Å². The van der Waals surface area contributed by atoms with Gasteiger partial charge >= 0.3 is 0 Å². The number of hydrogen-bond acceptors (Lipinski definition) is 3. The summed E-state index contributed by atoms with van der Waals surface area (Å²) in [5, 5.41) is 2.99. The molecule has 3 N–H and O–H groups in total. The van der Waals surface area contributed by atoms with Gasteiger partial charge in [-0.15, -0.1) is 0 Å². The number of benzene rings is 1. The van der Waals surface area contributed by atoms with Crippen molar-refractivity contribution in [2.24, 2.45) is 11.7 Å². The molecule has 0 aliphatic rings. The van der Waals surface area contributed by atoms with Crippen LogP contribution in [0, 0.1) is 5.92 Å². The molecule has 0 bridgehead atoms. The van der Waals surface area contributed by atoms with Crippen LogP contribution in [0.25, 0.3) is 0 Å². The Morgan fingerprint density at radius 1 is 1.24 bits per heavy atom. The van der Waals surface area contributed by atoms with E-state index in [1.807, 2.05) is 32.0 Å². The Morgan fingerprint density at radius 3 is 2.43 bits per heavy atom. The van der Waals surface area contributed by atoms with Crippen LogP contribution in [0.5, 0.6) is 0 Å². The van der Waals surface area contributed by atoms with E-state index in [0.717, 1.165) is 37.3 Å². The van der Waals surface area contributed by atoms with Crippen molar-refractivity contribution < 1.29 is 4.79 Å². The Kier molecular flexibility index (Phi) is 7.40. The first kappa shape index (κ1) is 17.7. The molecule has 0 aliphatic carbocycles. The lowest BCUT2D eigenvalue weighted by Gasteiger charge is -2.22. The molecule has 0 aromatic heterocycles. The van der Waals surface area contributed by atoms with Gasteiger partial charge in [0.2, 0.25) is 5.91 Å².